The average Bonchev–Trinajstić information content (AvgIpc) is 3.00. The molecular weight excluding hydrogens is 300 g/mol. The number of halogens is 1. The molecule has 0 bridgehead atoms. The van der Waals surface area contributed by atoms with Crippen LogP contribution in [0.5, 0.6) is 0 Å². The lowest BCUT2D eigenvalue weighted by Crippen LogP contribution is -2.48. The first-order chi connectivity index (χ1) is 10.6. The molecule has 3 rings (SSSR count). The largest absolute Gasteiger partial charge is 0.451 e. The van der Waals surface area contributed by atoms with Gasteiger partial charge in [0.05, 0.1) is 5.02 Å². The van der Waals surface area contributed by atoms with Gasteiger partial charge in [-0.1, -0.05) is 30.7 Å². The summed E-state index contributed by atoms with van der Waals surface area (Å²) >= 11 is 6.15. The van der Waals surface area contributed by atoms with E-state index in [1.54, 1.807) is 18.2 Å². The Kier molecular flexibility index (Phi) is 4.50. The monoisotopic (exact) mass is 318 g/mol. The lowest BCUT2D eigenvalue weighted by atomic mass is 9.95. The molecule has 1 aliphatic heterocycles. The van der Waals surface area contributed by atoms with Crippen LogP contribution in [0.4, 0.5) is 0 Å². The van der Waals surface area contributed by atoms with E-state index in [9.17, 15) is 4.79 Å². The van der Waals surface area contributed by atoms with Crippen LogP contribution in [0.2, 0.25) is 5.02 Å². The summed E-state index contributed by atoms with van der Waals surface area (Å²) in [6.07, 6.45) is 0.936. The number of hydrogen-bond donors (Lipinski definition) is 2. The Balaban J connectivity index is 1.73. The molecule has 1 aliphatic rings. The predicted octanol–water partition coefficient (Wildman–Crippen LogP) is 3.33. The summed E-state index contributed by atoms with van der Waals surface area (Å²) in [6, 6.07) is 11.1. The third-order valence-electron chi connectivity index (χ3n) is 4.07. The Bertz CT molecular complexity index is 668. The zero-order valence-corrected chi connectivity index (χ0v) is 13.2. The predicted molar refractivity (Wildman–Crippen MR) is 87.1 cm³/mol. The van der Waals surface area contributed by atoms with Gasteiger partial charge in [-0.05, 0) is 49.7 Å². The summed E-state index contributed by atoms with van der Waals surface area (Å²) < 4.78 is 5.68. The summed E-state index contributed by atoms with van der Waals surface area (Å²) in [5.41, 5.74) is 0.790. The highest BCUT2D eigenvalue weighted by molar-refractivity contribution is 6.33. The molecule has 1 saturated heterocycles. The van der Waals surface area contributed by atoms with Gasteiger partial charge in [-0.2, -0.15) is 0 Å². The Morgan fingerprint density at radius 1 is 1.32 bits per heavy atom. The van der Waals surface area contributed by atoms with Crippen molar-refractivity contribution in [2.24, 2.45) is 5.92 Å². The third-order valence-corrected chi connectivity index (χ3v) is 4.40. The number of hydrogen-bond acceptors (Lipinski definition) is 3. The number of piperidine rings is 1. The summed E-state index contributed by atoms with van der Waals surface area (Å²) in [5, 5.41) is 6.99. The van der Waals surface area contributed by atoms with E-state index in [-0.39, 0.29) is 11.9 Å². The van der Waals surface area contributed by atoms with Gasteiger partial charge in [0.25, 0.3) is 5.91 Å². The third kappa shape index (κ3) is 3.18. The van der Waals surface area contributed by atoms with Gasteiger partial charge in [-0.15, -0.1) is 0 Å². The van der Waals surface area contributed by atoms with Gasteiger partial charge in [0.15, 0.2) is 5.76 Å². The molecule has 1 aromatic heterocycles. The molecule has 5 heteroatoms. The molecule has 116 valence electrons. The van der Waals surface area contributed by atoms with Crippen molar-refractivity contribution in [2.75, 3.05) is 13.1 Å². The van der Waals surface area contributed by atoms with Crippen LogP contribution < -0.4 is 10.6 Å². The first-order valence-corrected chi connectivity index (χ1v) is 7.89. The molecule has 0 spiro atoms. The van der Waals surface area contributed by atoms with Gasteiger partial charge in [-0.25, -0.2) is 0 Å². The van der Waals surface area contributed by atoms with E-state index in [4.69, 9.17) is 16.0 Å². The standard InChI is InChI=1S/C17H19ClN2O2/c1-11-10-19-9-8-14(11)20-17(21)16-7-6-15(22-16)12-4-2-3-5-13(12)18/h2-7,11,14,19H,8-10H2,1H3,(H,20,21). The smallest absolute Gasteiger partial charge is 0.287 e. The SMILES string of the molecule is CC1CNCCC1NC(=O)c1ccc(-c2ccccc2Cl)o1. The molecule has 0 saturated carbocycles. The Morgan fingerprint density at radius 3 is 2.91 bits per heavy atom. The highest BCUT2D eigenvalue weighted by atomic mass is 35.5. The second kappa shape index (κ2) is 6.55. The van der Waals surface area contributed by atoms with Crippen LogP contribution in [0.1, 0.15) is 23.9 Å². The van der Waals surface area contributed by atoms with Crippen molar-refractivity contribution >= 4 is 17.5 Å². The number of furan rings is 1. The van der Waals surface area contributed by atoms with E-state index in [1.807, 2.05) is 18.2 Å². The van der Waals surface area contributed by atoms with E-state index in [2.05, 4.69) is 17.6 Å². The van der Waals surface area contributed by atoms with Crippen molar-refractivity contribution < 1.29 is 9.21 Å². The van der Waals surface area contributed by atoms with E-state index >= 15 is 0 Å². The van der Waals surface area contributed by atoms with Crippen molar-refractivity contribution in [3.63, 3.8) is 0 Å². The Labute approximate surface area is 134 Å². The molecule has 0 aliphatic carbocycles. The van der Waals surface area contributed by atoms with Crippen molar-refractivity contribution in [1.29, 1.82) is 0 Å². The van der Waals surface area contributed by atoms with Crippen LogP contribution in [0.25, 0.3) is 11.3 Å². The highest BCUT2D eigenvalue weighted by Gasteiger charge is 2.24. The van der Waals surface area contributed by atoms with Crippen LogP contribution in [0, 0.1) is 5.92 Å². The molecule has 4 nitrogen and oxygen atoms in total. The maximum atomic E-state index is 12.3. The second-order valence-corrected chi connectivity index (χ2v) is 6.10. The fourth-order valence-corrected chi connectivity index (χ4v) is 2.96. The van der Waals surface area contributed by atoms with Gasteiger partial charge < -0.3 is 15.1 Å². The average molecular weight is 319 g/mol. The molecule has 1 amide bonds. The Hall–Kier alpha value is -1.78. The maximum Gasteiger partial charge on any atom is 0.287 e. The van der Waals surface area contributed by atoms with Crippen molar-refractivity contribution in [1.82, 2.24) is 10.6 Å². The summed E-state index contributed by atoms with van der Waals surface area (Å²) in [7, 11) is 0. The fraction of sp³-hybridized carbons (Fsp3) is 0.353. The van der Waals surface area contributed by atoms with Gasteiger partial charge in [0.1, 0.15) is 5.76 Å². The molecule has 1 fully saturated rings. The number of benzene rings is 1. The number of carbonyl (C=O) groups is 1. The molecule has 1 aromatic carbocycles. The number of carbonyl (C=O) groups excluding carboxylic acids is 1. The fourth-order valence-electron chi connectivity index (χ4n) is 2.73. The number of nitrogens with one attached hydrogen (secondary N) is 2. The van der Waals surface area contributed by atoms with Crippen LogP contribution in [-0.2, 0) is 0 Å². The van der Waals surface area contributed by atoms with Crippen molar-refractivity contribution in [3.8, 4) is 11.3 Å². The number of rotatable bonds is 3. The molecule has 2 heterocycles. The van der Waals surface area contributed by atoms with Crippen molar-refractivity contribution in [2.45, 2.75) is 19.4 Å². The number of amides is 1. The minimum atomic E-state index is -0.169. The van der Waals surface area contributed by atoms with Gasteiger partial charge in [-0.3, -0.25) is 4.79 Å². The van der Waals surface area contributed by atoms with E-state index < -0.39 is 0 Å². The van der Waals surface area contributed by atoms with Gasteiger partial charge >= 0.3 is 0 Å². The van der Waals surface area contributed by atoms with E-state index in [0.29, 0.717) is 22.5 Å². The molecular formula is C17H19ClN2O2. The van der Waals surface area contributed by atoms with Gasteiger partial charge in [0, 0.05) is 11.6 Å². The van der Waals surface area contributed by atoms with Gasteiger partial charge in [0.2, 0.25) is 0 Å². The molecule has 2 N–H and O–H groups in total. The normalized spacial score (nSPS) is 21.5. The zero-order valence-electron chi connectivity index (χ0n) is 12.4. The maximum absolute atomic E-state index is 12.3. The van der Waals surface area contributed by atoms with Crippen molar-refractivity contribution in [3.05, 3.63) is 47.2 Å². The van der Waals surface area contributed by atoms with Crippen LogP contribution in [-0.4, -0.2) is 25.0 Å². The second-order valence-electron chi connectivity index (χ2n) is 5.69. The van der Waals surface area contributed by atoms with Crippen LogP contribution in [0.3, 0.4) is 0 Å². The summed E-state index contributed by atoms with van der Waals surface area (Å²) in [4.78, 5) is 12.3. The van der Waals surface area contributed by atoms with Crippen LogP contribution >= 0.6 is 11.6 Å². The lowest BCUT2D eigenvalue weighted by Gasteiger charge is -2.29. The summed E-state index contributed by atoms with van der Waals surface area (Å²) in [5.74, 6) is 1.17. The minimum Gasteiger partial charge on any atom is -0.451 e. The molecule has 2 aromatic rings. The summed E-state index contributed by atoms with van der Waals surface area (Å²) in [6.45, 7) is 3.99. The molecule has 2 unspecified atom stereocenters. The first kappa shape index (κ1) is 15.1. The van der Waals surface area contributed by atoms with Crippen LogP contribution in [0.15, 0.2) is 40.8 Å². The molecule has 2 atom stereocenters. The Morgan fingerprint density at radius 2 is 2.14 bits per heavy atom. The van der Waals surface area contributed by atoms with E-state index in [1.165, 1.54) is 0 Å². The molecule has 0 radical (unpaired) electrons. The zero-order chi connectivity index (χ0) is 15.5. The quantitative estimate of drug-likeness (QED) is 0.912. The van der Waals surface area contributed by atoms with E-state index in [0.717, 1.165) is 25.1 Å². The first-order valence-electron chi connectivity index (χ1n) is 7.51. The highest BCUT2D eigenvalue weighted by Crippen LogP contribution is 2.29. The minimum absolute atomic E-state index is 0.169. The molecule has 22 heavy (non-hydrogen) atoms. The lowest BCUT2D eigenvalue weighted by molar-refractivity contribution is 0.0887. The topological polar surface area (TPSA) is 54.3 Å².